The number of fused-ring (bicyclic) bond motifs is 1. The van der Waals surface area contributed by atoms with Crippen LogP contribution in [-0.2, 0) is 0 Å². The summed E-state index contributed by atoms with van der Waals surface area (Å²) in [6, 6.07) is 13.8. The van der Waals surface area contributed by atoms with Crippen LogP contribution in [0.2, 0.25) is 0 Å². The second-order valence-corrected chi connectivity index (χ2v) is 6.05. The number of aromatic nitrogens is 2. The van der Waals surface area contributed by atoms with Crippen molar-refractivity contribution >= 4 is 22.5 Å². The van der Waals surface area contributed by atoms with E-state index in [0.717, 1.165) is 16.6 Å². The van der Waals surface area contributed by atoms with Crippen molar-refractivity contribution in [3.8, 4) is 0 Å². The van der Waals surface area contributed by atoms with Crippen LogP contribution in [0.15, 0.2) is 54.7 Å². The molecular formula is C19H17FN4O. The highest BCUT2D eigenvalue weighted by molar-refractivity contribution is 5.95. The zero-order valence-electron chi connectivity index (χ0n) is 13.6. The minimum atomic E-state index is -0.393. The predicted octanol–water partition coefficient (Wildman–Crippen LogP) is 2.73. The van der Waals surface area contributed by atoms with E-state index in [4.69, 9.17) is 0 Å². The maximum atomic E-state index is 13.3. The molecule has 1 fully saturated rings. The van der Waals surface area contributed by atoms with E-state index in [0.29, 0.717) is 31.7 Å². The Kier molecular flexibility index (Phi) is 4.01. The first kappa shape index (κ1) is 15.5. The van der Waals surface area contributed by atoms with Crippen LogP contribution < -0.4 is 4.90 Å². The van der Waals surface area contributed by atoms with Crippen LogP contribution in [0.5, 0.6) is 0 Å². The molecule has 126 valence electrons. The van der Waals surface area contributed by atoms with E-state index in [1.807, 2.05) is 24.3 Å². The van der Waals surface area contributed by atoms with Crippen molar-refractivity contribution in [3.63, 3.8) is 0 Å². The summed E-state index contributed by atoms with van der Waals surface area (Å²) in [5.74, 6) is 0.314. The molecule has 1 aliphatic rings. The summed E-state index contributed by atoms with van der Waals surface area (Å²) in [6.07, 6.45) is 1.75. The van der Waals surface area contributed by atoms with Gasteiger partial charge in [-0.2, -0.15) is 5.10 Å². The van der Waals surface area contributed by atoms with Crippen molar-refractivity contribution in [3.05, 3.63) is 66.1 Å². The van der Waals surface area contributed by atoms with Gasteiger partial charge in [-0.05, 0) is 18.2 Å². The van der Waals surface area contributed by atoms with Gasteiger partial charge in [-0.3, -0.25) is 4.79 Å². The van der Waals surface area contributed by atoms with Gasteiger partial charge in [0.1, 0.15) is 5.82 Å². The molecular weight excluding hydrogens is 319 g/mol. The Morgan fingerprint density at radius 1 is 1.00 bits per heavy atom. The molecule has 1 amide bonds. The van der Waals surface area contributed by atoms with E-state index < -0.39 is 5.82 Å². The largest absolute Gasteiger partial charge is 0.351 e. The predicted molar refractivity (Wildman–Crippen MR) is 94.1 cm³/mol. The van der Waals surface area contributed by atoms with E-state index in [9.17, 15) is 9.18 Å². The first-order chi connectivity index (χ1) is 12.2. The van der Waals surface area contributed by atoms with Crippen molar-refractivity contribution in [2.24, 2.45) is 0 Å². The zero-order valence-corrected chi connectivity index (χ0v) is 13.6. The van der Waals surface area contributed by atoms with Crippen LogP contribution in [0.4, 0.5) is 10.2 Å². The SMILES string of the molecule is O=C(c1cccc(F)c1)N1CCN(c2nncc3ccccc23)CC1. The smallest absolute Gasteiger partial charge is 0.254 e. The Hall–Kier alpha value is -3.02. The lowest BCUT2D eigenvalue weighted by molar-refractivity contribution is 0.0746. The van der Waals surface area contributed by atoms with Gasteiger partial charge in [0, 0.05) is 42.5 Å². The summed E-state index contributed by atoms with van der Waals surface area (Å²) in [7, 11) is 0. The molecule has 0 radical (unpaired) electrons. The lowest BCUT2D eigenvalue weighted by atomic mass is 10.1. The Labute approximate surface area is 144 Å². The molecule has 1 saturated heterocycles. The quantitative estimate of drug-likeness (QED) is 0.722. The second kappa shape index (κ2) is 6.47. The zero-order chi connectivity index (χ0) is 17.2. The summed E-state index contributed by atoms with van der Waals surface area (Å²) in [5.41, 5.74) is 0.387. The highest BCUT2D eigenvalue weighted by atomic mass is 19.1. The number of hydrogen-bond donors (Lipinski definition) is 0. The molecule has 0 atom stereocenters. The van der Waals surface area contributed by atoms with Gasteiger partial charge < -0.3 is 9.80 Å². The number of nitrogens with zero attached hydrogens (tertiary/aromatic N) is 4. The molecule has 0 N–H and O–H groups in total. The summed E-state index contributed by atoms with van der Waals surface area (Å²) in [5, 5.41) is 10.5. The fourth-order valence-corrected chi connectivity index (χ4v) is 3.17. The second-order valence-electron chi connectivity index (χ2n) is 6.05. The third-order valence-corrected chi connectivity index (χ3v) is 4.49. The van der Waals surface area contributed by atoms with Gasteiger partial charge in [-0.25, -0.2) is 4.39 Å². The van der Waals surface area contributed by atoms with Gasteiger partial charge in [-0.15, -0.1) is 5.10 Å². The Bertz CT molecular complexity index is 917. The van der Waals surface area contributed by atoms with E-state index in [2.05, 4.69) is 15.1 Å². The first-order valence-corrected chi connectivity index (χ1v) is 8.22. The molecule has 2 aromatic carbocycles. The Morgan fingerprint density at radius 3 is 2.60 bits per heavy atom. The van der Waals surface area contributed by atoms with Gasteiger partial charge in [-0.1, -0.05) is 30.3 Å². The standard InChI is InChI=1S/C19H17FN4O/c20-16-6-3-5-14(12-16)19(25)24-10-8-23(9-11-24)18-17-7-2-1-4-15(17)13-21-22-18/h1-7,12-13H,8-11H2. The molecule has 0 saturated carbocycles. The van der Waals surface area contributed by atoms with Crippen LogP contribution in [0.25, 0.3) is 10.8 Å². The van der Waals surface area contributed by atoms with Gasteiger partial charge in [0.2, 0.25) is 0 Å². The topological polar surface area (TPSA) is 49.3 Å². The average molecular weight is 336 g/mol. The van der Waals surface area contributed by atoms with Gasteiger partial charge >= 0.3 is 0 Å². The van der Waals surface area contributed by atoms with Crippen molar-refractivity contribution in [2.45, 2.75) is 0 Å². The number of hydrogen-bond acceptors (Lipinski definition) is 4. The van der Waals surface area contributed by atoms with Crippen LogP contribution in [0.1, 0.15) is 10.4 Å². The molecule has 25 heavy (non-hydrogen) atoms. The van der Waals surface area contributed by atoms with Gasteiger partial charge in [0.15, 0.2) is 5.82 Å². The number of anilines is 1. The fourth-order valence-electron chi connectivity index (χ4n) is 3.17. The van der Waals surface area contributed by atoms with Crippen molar-refractivity contribution in [1.29, 1.82) is 0 Å². The fraction of sp³-hybridized carbons (Fsp3) is 0.211. The minimum absolute atomic E-state index is 0.136. The maximum absolute atomic E-state index is 13.3. The number of benzene rings is 2. The van der Waals surface area contributed by atoms with E-state index in [1.54, 1.807) is 23.2 Å². The third kappa shape index (κ3) is 3.03. The maximum Gasteiger partial charge on any atom is 0.254 e. The molecule has 0 aliphatic carbocycles. The number of rotatable bonds is 2. The highest BCUT2D eigenvalue weighted by Gasteiger charge is 2.24. The van der Waals surface area contributed by atoms with E-state index >= 15 is 0 Å². The molecule has 4 rings (SSSR count). The molecule has 2 heterocycles. The highest BCUT2D eigenvalue weighted by Crippen LogP contribution is 2.24. The van der Waals surface area contributed by atoms with Crippen molar-refractivity contribution in [2.75, 3.05) is 31.1 Å². The molecule has 3 aromatic rings. The molecule has 1 aromatic heterocycles. The number of carbonyl (C=O) groups excluding carboxylic acids is 1. The van der Waals surface area contributed by atoms with Gasteiger partial charge in [0.25, 0.3) is 5.91 Å². The molecule has 0 unspecified atom stereocenters. The third-order valence-electron chi connectivity index (χ3n) is 4.49. The number of amides is 1. The molecule has 0 bridgehead atoms. The monoisotopic (exact) mass is 336 g/mol. The summed E-state index contributed by atoms with van der Waals surface area (Å²) >= 11 is 0. The van der Waals surface area contributed by atoms with Crippen LogP contribution in [0.3, 0.4) is 0 Å². The van der Waals surface area contributed by atoms with Gasteiger partial charge in [0.05, 0.1) is 6.20 Å². The molecule has 5 nitrogen and oxygen atoms in total. The van der Waals surface area contributed by atoms with Crippen LogP contribution in [0, 0.1) is 5.82 Å². The molecule has 1 aliphatic heterocycles. The molecule has 6 heteroatoms. The Morgan fingerprint density at radius 2 is 1.80 bits per heavy atom. The number of halogens is 1. The first-order valence-electron chi connectivity index (χ1n) is 8.22. The van der Waals surface area contributed by atoms with Crippen LogP contribution >= 0.6 is 0 Å². The normalized spacial score (nSPS) is 14.8. The lowest BCUT2D eigenvalue weighted by Gasteiger charge is -2.35. The van der Waals surface area contributed by atoms with Crippen molar-refractivity contribution < 1.29 is 9.18 Å². The van der Waals surface area contributed by atoms with Crippen molar-refractivity contribution in [1.82, 2.24) is 15.1 Å². The van der Waals surface area contributed by atoms with E-state index in [1.165, 1.54) is 12.1 Å². The lowest BCUT2D eigenvalue weighted by Crippen LogP contribution is -2.49. The minimum Gasteiger partial charge on any atom is -0.351 e. The summed E-state index contributed by atoms with van der Waals surface area (Å²) < 4.78 is 13.3. The Balaban J connectivity index is 1.50. The van der Waals surface area contributed by atoms with Crippen LogP contribution in [-0.4, -0.2) is 47.2 Å². The number of piperazine rings is 1. The van der Waals surface area contributed by atoms with E-state index in [-0.39, 0.29) is 5.91 Å². The molecule has 0 spiro atoms. The number of carbonyl (C=O) groups is 1. The summed E-state index contributed by atoms with van der Waals surface area (Å²) in [6.45, 7) is 2.48. The average Bonchev–Trinajstić information content (AvgIpc) is 2.67. The summed E-state index contributed by atoms with van der Waals surface area (Å²) in [4.78, 5) is 16.4.